The number of hydrogen-bond acceptors (Lipinski definition) is 1. The average Bonchev–Trinajstić information content (AvgIpc) is 2.33. The van der Waals surface area contributed by atoms with E-state index in [1.807, 2.05) is 0 Å². The summed E-state index contributed by atoms with van der Waals surface area (Å²) in [4.78, 5) is 0. The number of alkyl halides is 1. The fourth-order valence-corrected chi connectivity index (χ4v) is 2.16. The lowest BCUT2D eigenvalue weighted by molar-refractivity contribution is -0.0145. The van der Waals surface area contributed by atoms with Gasteiger partial charge in [0, 0.05) is 0 Å². The number of ether oxygens (including phenoxy) is 1. The number of rotatable bonds is 2. The molecule has 1 fully saturated rings. The van der Waals surface area contributed by atoms with Crippen molar-refractivity contribution < 1.29 is 4.74 Å². The van der Waals surface area contributed by atoms with Gasteiger partial charge in [-0.05, 0) is 18.3 Å². The smallest absolute Gasteiger partial charge is 0.0843 e. The highest BCUT2D eigenvalue weighted by Crippen LogP contribution is 2.36. The van der Waals surface area contributed by atoms with Crippen molar-refractivity contribution in [2.45, 2.75) is 32.8 Å². The quantitative estimate of drug-likeness (QED) is 0.588. The monoisotopic (exact) mass is 176 g/mol. The number of halogens is 1. The number of hydrogen-bond donors (Lipinski definition) is 0. The van der Waals surface area contributed by atoms with Gasteiger partial charge in [-0.1, -0.05) is 20.8 Å². The van der Waals surface area contributed by atoms with Crippen LogP contribution in [0.2, 0.25) is 0 Å². The van der Waals surface area contributed by atoms with Crippen LogP contribution in [0, 0.1) is 11.8 Å². The Balaban J connectivity index is 2.62. The third-order valence-electron chi connectivity index (χ3n) is 2.63. The van der Waals surface area contributed by atoms with Gasteiger partial charge in [-0.2, -0.15) is 0 Å². The van der Waals surface area contributed by atoms with E-state index in [9.17, 15) is 0 Å². The maximum Gasteiger partial charge on any atom is 0.0843 e. The van der Waals surface area contributed by atoms with E-state index in [0.29, 0.717) is 17.7 Å². The maximum atomic E-state index is 5.90. The second-order valence-electron chi connectivity index (χ2n) is 3.97. The van der Waals surface area contributed by atoms with Gasteiger partial charge in [-0.25, -0.2) is 0 Å². The Hall–Kier alpha value is 0.250. The van der Waals surface area contributed by atoms with Crippen LogP contribution in [-0.4, -0.2) is 18.1 Å². The van der Waals surface area contributed by atoms with Gasteiger partial charge in [0.2, 0.25) is 0 Å². The summed E-state index contributed by atoms with van der Waals surface area (Å²) in [5.74, 6) is 1.84. The van der Waals surface area contributed by atoms with Crippen LogP contribution < -0.4 is 0 Å². The van der Waals surface area contributed by atoms with Crippen LogP contribution in [0.4, 0.5) is 0 Å². The Labute approximate surface area is 74.1 Å². The first-order valence-corrected chi connectivity index (χ1v) is 4.84. The van der Waals surface area contributed by atoms with E-state index in [1.165, 1.54) is 0 Å². The SMILES string of the molecule is CC1COC(CCl)(C(C)C)C1. The van der Waals surface area contributed by atoms with Crippen LogP contribution in [-0.2, 0) is 4.74 Å². The van der Waals surface area contributed by atoms with Crippen molar-refractivity contribution in [3.8, 4) is 0 Å². The van der Waals surface area contributed by atoms with Crippen molar-refractivity contribution in [3.05, 3.63) is 0 Å². The summed E-state index contributed by atoms with van der Waals surface area (Å²) in [7, 11) is 0. The third kappa shape index (κ3) is 1.70. The summed E-state index contributed by atoms with van der Waals surface area (Å²) in [5, 5.41) is 0. The first kappa shape index (κ1) is 9.34. The highest BCUT2D eigenvalue weighted by atomic mass is 35.5. The van der Waals surface area contributed by atoms with Crippen molar-refractivity contribution >= 4 is 11.6 Å². The van der Waals surface area contributed by atoms with Gasteiger partial charge in [0.05, 0.1) is 18.1 Å². The molecule has 11 heavy (non-hydrogen) atoms. The minimum absolute atomic E-state index is 0.0268. The molecule has 0 aliphatic carbocycles. The summed E-state index contributed by atoms with van der Waals surface area (Å²) in [6.07, 6.45) is 1.12. The Morgan fingerprint density at radius 2 is 2.27 bits per heavy atom. The first-order valence-electron chi connectivity index (χ1n) is 4.30. The molecule has 0 amide bonds. The third-order valence-corrected chi connectivity index (χ3v) is 3.08. The standard InChI is InChI=1S/C9H17ClO/c1-7(2)9(6-10)4-8(3)5-11-9/h7-8H,4-6H2,1-3H3. The minimum atomic E-state index is -0.0268. The molecule has 1 aliphatic rings. The van der Waals surface area contributed by atoms with Gasteiger partial charge >= 0.3 is 0 Å². The van der Waals surface area contributed by atoms with Crippen LogP contribution in [0.25, 0.3) is 0 Å². The molecule has 1 rings (SSSR count). The highest BCUT2D eigenvalue weighted by Gasteiger charge is 2.40. The Bertz CT molecular complexity index is 136. The molecule has 1 saturated heterocycles. The molecule has 2 heteroatoms. The van der Waals surface area contributed by atoms with Crippen LogP contribution in [0.3, 0.4) is 0 Å². The molecule has 0 saturated carbocycles. The fourth-order valence-electron chi connectivity index (χ4n) is 1.67. The first-order chi connectivity index (χ1) is 5.10. The van der Waals surface area contributed by atoms with E-state index < -0.39 is 0 Å². The van der Waals surface area contributed by atoms with Crippen LogP contribution in [0.15, 0.2) is 0 Å². The molecular formula is C9H17ClO. The summed E-state index contributed by atoms with van der Waals surface area (Å²) < 4.78 is 5.73. The predicted octanol–water partition coefficient (Wildman–Crippen LogP) is 2.68. The molecule has 1 heterocycles. The molecule has 66 valence electrons. The second kappa shape index (κ2) is 3.32. The van der Waals surface area contributed by atoms with Crippen LogP contribution >= 0.6 is 11.6 Å². The molecule has 0 radical (unpaired) electrons. The van der Waals surface area contributed by atoms with Gasteiger partial charge in [-0.3, -0.25) is 0 Å². The lowest BCUT2D eigenvalue weighted by Crippen LogP contribution is -2.36. The van der Waals surface area contributed by atoms with E-state index in [2.05, 4.69) is 20.8 Å². The van der Waals surface area contributed by atoms with Crippen molar-refractivity contribution in [1.29, 1.82) is 0 Å². The molecule has 0 bridgehead atoms. The molecule has 1 aliphatic heterocycles. The molecule has 0 aromatic carbocycles. The lowest BCUT2D eigenvalue weighted by Gasteiger charge is -2.30. The van der Waals surface area contributed by atoms with Crippen molar-refractivity contribution in [1.82, 2.24) is 0 Å². The lowest BCUT2D eigenvalue weighted by atomic mass is 9.87. The van der Waals surface area contributed by atoms with Gasteiger partial charge in [0.25, 0.3) is 0 Å². The fraction of sp³-hybridized carbons (Fsp3) is 1.00. The molecule has 2 atom stereocenters. The molecule has 0 aromatic rings. The molecule has 0 spiro atoms. The Morgan fingerprint density at radius 3 is 2.45 bits per heavy atom. The molecular weight excluding hydrogens is 160 g/mol. The van der Waals surface area contributed by atoms with E-state index in [1.54, 1.807) is 0 Å². The van der Waals surface area contributed by atoms with Gasteiger partial charge in [0.15, 0.2) is 0 Å². The van der Waals surface area contributed by atoms with Gasteiger partial charge in [-0.15, -0.1) is 11.6 Å². The van der Waals surface area contributed by atoms with Gasteiger partial charge in [0.1, 0.15) is 0 Å². The van der Waals surface area contributed by atoms with Gasteiger partial charge < -0.3 is 4.74 Å². The normalized spacial score (nSPS) is 38.5. The molecule has 0 aromatic heterocycles. The Kier molecular flexibility index (Phi) is 2.82. The van der Waals surface area contributed by atoms with Crippen molar-refractivity contribution in [2.24, 2.45) is 11.8 Å². The van der Waals surface area contributed by atoms with E-state index in [0.717, 1.165) is 13.0 Å². The minimum Gasteiger partial charge on any atom is -0.373 e. The zero-order valence-electron chi connectivity index (χ0n) is 7.56. The zero-order valence-corrected chi connectivity index (χ0v) is 8.32. The van der Waals surface area contributed by atoms with E-state index >= 15 is 0 Å². The summed E-state index contributed by atoms with van der Waals surface area (Å²) >= 11 is 5.90. The van der Waals surface area contributed by atoms with Crippen molar-refractivity contribution in [2.75, 3.05) is 12.5 Å². The summed E-state index contributed by atoms with van der Waals surface area (Å²) in [6.45, 7) is 7.46. The zero-order chi connectivity index (χ0) is 8.48. The maximum absolute atomic E-state index is 5.90. The van der Waals surface area contributed by atoms with E-state index in [4.69, 9.17) is 16.3 Å². The topological polar surface area (TPSA) is 9.23 Å². The highest BCUT2D eigenvalue weighted by molar-refractivity contribution is 6.18. The van der Waals surface area contributed by atoms with Crippen LogP contribution in [0.5, 0.6) is 0 Å². The summed E-state index contributed by atoms with van der Waals surface area (Å²) in [6, 6.07) is 0. The molecule has 1 nitrogen and oxygen atoms in total. The summed E-state index contributed by atoms with van der Waals surface area (Å²) in [5.41, 5.74) is -0.0268. The predicted molar refractivity (Wildman–Crippen MR) is 48.0 cm³/mol. The molecule has 2 unspecified atom stereocenters. The largest absolute Gasteiger partial charge is 0.373 e. The van der Waals surface area contributed by atoms with Crippen LogP contribution in [0.1, 0.15) is 27.2 Å². The van der Waals surface area contributed by atoms with E-state index in [-0.39, 0.29) is 5.60 Å². The average molecular weight is 177 g/mol. The van der Waals surface area contributed by atoms with Crippen molar-refractivity contribution in [3.63, 3.8) is 0 Å². The Morgan fingerprint density at radius 1 is 1.64 bits per heavy atom. The molecule has 0 N–H and O–H groups in total. The second-order valence-corrected chi connectivity index (χ2v) is 4.24.